The number of guanidine groups is 1. The Balaban J connectivity index is 0.00000729. The fraction of sp³-hybridized carbons (Fsp3) is 0.588. The summed E-state index contributed by atoms with van der Waals surface area (Å²) < 4.78 is 64.5. The second-order valence-corrected chi connectivity index (χ2v) is 8.43. The lowest BCUT2D eigenvalue weighted by Crippen LogP contribution is -2.42. The minimum absolute atomic E-state index is 0. The van der Waals surface area contributed by atoms with E-state index in [9.17, 15) is 21.6 Å². The molecule has 1 aromatic rings. The normalized spacial score (nSPS) is 13.4. The van der Waals surface area contributed by atoms with Crippen LogP contribution in [-0.2, 0) is 16.4 Å². The molecule has 11 heteroatoms. The number of rotatable bonds is 9. The fourth-order valence-electron chi connectivity index (χ4n) is 2.12. The van der Waals surface area contributed by atoms with Crippen molar-refractivity contribution in [1.82, 2.24) is 10.6 Å². The van der Waals surface area contributed by atoms with Crippen molar-refractivity contribution in [3.8, 4) is 5.75 Å². The third-order valence-corrected chi connectivity index (χ3v) is 4.40. The Labute approximate surface area is 181 Å². The fourth-order valence-corrected chi connectivity index (χ4v) is 2.90. The monoisotopic (exact) mass is 537 g/mol. The van der Waals surface area contributed by atoms with E-state index >= 15 is 0 Å². The first kappa shape index (κ1) is 26.8. The van der Waals surface area contributed by atoms with E-state index in [1.807, 2.05) is 13.8 Å². The molecule has 28 heavy (non-hydrogen) atoms. The molecule has 162 valence electrons. The summed E-state index contributed by atoms with van der Waals surface area (Å²) in [6.07, 6.45) is -2.83. The first-order chi connectivity index (χ1) is 12.5. The van der Waals surface area contributed by atoms with Gasteiger partial charge in [-0.15, -0.1) is 24.0 Å². The molecule has 0 spiro atoms. The molecule has 0 aromatic heterocycles. The van der Waals surface area contributed by atoms with Crippen LogP contribution in [0, 0.1) is 0 Å². The van der Waals surface area contributed by atoms with Crippen molar-refractivity contribution < 1.29 is 26.3 Å². The second-order valence-electron chi connectivity index (χ2n) is 6.17. The summed E-state index contributed by atoms with van der Waals surface area (Å²) >= 11 is 0. The van der Waals surface area contributed by atoms with Gasteiger partial charge in [0, 0.05) is 24.4 Å². The van der Waals surface area contributed by atoms with Crippen molar-refractivity contribution in [1.29, 1.82) is 0 Å². The molecule has 0 bridgehead atoms. The van der Waals surface area contributed by atoms with Gasteiger partial charge in [-0.1, -0.05) is 18.2 Å². The first-order valence-corrected chi connectivity index (χ1v) is 10.6. The number of aliphatic imine (C=N–C) groups is 1. The van der Waals surface area contributed by atoms with Gasteiger partial charge in [0.15, 0.2) is 12.6 Å². The third kappa shape index (κ3) is 12.3. The molecule has 0 saturated carbocycles. The van der Waals surface area contributed by atoms with Crippen LogP contribution in [0.25, 0.3) is 0 Å². The van der Waals surface area contributed by atoms with Crippen LogP contribution in [0.15, 0.2) is 29.3 Å². The third-order valence-electron chi connectivity index (χ3n) is 3.42. The smallest absolute Gasteiger partial charge is 0.422 e. The average Bonchev–Trinajstić information content (AvgIpc) is 2.55. The van der Waals surface area contributed by atoms with E-state index in [0.29, 0.717) is 24.5 Å². The highest BCUT2D eigenvalue weighted by molar-refractivity contribution is 14.0. The van der Waals surface area contributed by atoms with E-state index in [0.717, 1.165) is 0 Å². The molecule has 0 heterocycles. The molecule has 1 aromatic carbocycles. The van der Waals surface area contributed by atoms with Crippen molar-refractivity contribution in [3.63, 3.8) is 0 Å². The van der Waals surface area contributed by atoms with Crippen molar-refractivity contribution in [2.75, 3.05) is 25.2 Å². The average molecular weight is 537 g/mol. The summed E-state index contributed by atoms with van der Waals surface area (Å²) in [5, 5.41) is 6.12. The number of benzene rings is 1. The molecule has 1 rings (SSSR count). The topological polar surface area (TPSA) is 79.8 Å². The maximum absolute atomic E-state index is 12.4. The molecular formula is C17H27F3IN3O3S. The summed E-state index contributed by atoms with van der Waals surface area (Å²) in [7, 11) is -3.06. The largest absolute Gasteiger partial charge is 0.484 e. The number of halogens is 4. The molecule has 1 atom stereocenters. The summed E-state index contributed by atoms with van der Waals surface area (Å²) in [5.74, 6) is 0.623. The molecule has 0 amide bonds. The molecule has 0 aliphatic heterocycles. The lowest BCUT2D eigenvalue weighted by Gasteiger charge is -2.18. The Bertz CT molecular complexity index is 728. The van der Waals surface area contributed by atoms with Gasteiger partial charge >= 0.3 is 6.18 Å². The molecule has 2 N–H and O–H groups in total. The zero-order valence-corrected chi connectivity index (χ0v) is 19.2. The van der Waals surface area contributed by atoms with Crippen LogP contribution in [0.2, 0.25) is 0 Å². The number of alkyl halides is 3. The van der Waals surface area contributed by atoms with Crippen LogP contribution in [0.4, 0.5) is 13.2 Å². The number of hydrogen-bond acceptors (Lipinski definition) is 4. The van der Waals surface area contributed by atoms with E-state index in [1.165, 1.54) is 12.3 Å². The molecule has 0 radical (unpaired) electrons. The SMILES string of the molecule is CCNC(=NCc1ccccc1OCC(F)(F)F)NC(C)CCS(C)(=O)=O.I. The van der Waals surface area contributed by atoms with Crippen LogP contribution >= 0.6 is 24.0 Å². The molecule has 0 fully saturated rings. The van der Waals surface area contributed by atoms with Gasteiger partial charge in [0.05, 0.1) is 12.3 Å². The number of ether oxygens (including phenoxy) is 1. The van der Waals surface area contributed by atoms with Crippen LogP contribution < -0.4 is 15.4 Å². The van der Waals surface area contributed by atoms with Gasteiger partial charge in [0.1, 0.15) is 15.6 Å². The van der Waals surface area contributed by atoms with Crippen molar-refractivity contribution in [3.05, 3.63) is 29.8 Å². The predicted octanol–water partition coefficient (Wildman–Crippen LogP) is 3.12. The first-order valence-electron chi connectivity index (χ1n) is 8.50. The van der Waals surface area contributed by atoms with Crippen LogP contribution in [-0.4, -0.2) is 51.8 Å². The van der Waals surface area contributed by atoms with Crippen LogP contribution in [0.1, 0.15) is 25.8 Å². The minimum Gasteiger partial charge on any atom is -0.484 e. The molecule has 0 saturated heterocycles. The van der Waals surface area contributed by atoms with Gasteiger partial charge in [-0.05, 0) is 26.3 Å². The standard InChI is InChI=1S/C17H26F3N3O3S.HI/c1-4-21-16(23-13(2)9-10-27(3,24)25)22-11-14-7-5-6-8-15(14)26-12-17(18,19)20;/h5-8,13H,4,9-12H2,1-3H3,(H2,21,22,23);1H. The highest BCUT2D eigenvalue weighted by Gasteiger charge is 2.28. The van der Waals surface area contributed by atoms with Crippen LogP contribution in [0.5, 0.6) is 5.75 Å². The quantitative estimate of drug-likeness (QED) is 0.288. The molecule has 0 aliphatic carbocycles. The number of nitrogens with one attached hydrogen (secondary N) is 2. The van der Waals surface area contributed by atoms with Crippen LogP contribution in [0.3, 0.4) is 0 Å². The maximum Gasteiger partial charge on any atom is 0.422 e. The Morgan fingerprint density at radius 1 is 1.29 bits per heavy atom. The van der Waals surface area contributed by atoms with E-state index in [4.69, 9.17) is 4.74 Å². The lowest BCUT2D eigenvalue weighted by atomic mass is 10.2. The number of sulfone groups is 1. The Kier molecular flexibility index (Phi) is 11.8. The highest BCUT2D eigenvalue weighted by Crippen LogP contribution is 2.22. The Morgan fingerprint density at radius 3 is 2.50 bits per heavy atom. The summed E-state index contributed by atoms with van der Waals surface area (Å²) in [5.41, 5.74) is 0.516. The van der Waals surface area contributed by atoms with Gasteiger partial charge in [-0.3, -0.25) is 0 Å². The molecule has 0 aliphatic rings. The van der Waals surface area contributed by atoms with Gasteiger partial charge < -0.3 is 15.4 Å². The van der Waals surface area contributed by atoms with Gasteiger partial charge in [0.2, 0.25) is 0 Å². The van der Waals surface area contributed by atoms with Crippen molar-refractivity contribution >= 4 is 39.8 Å². The van der Waals surface area contributed by atoms with Crippen molar-refractivity contribution in [2.24, 2.45) is 4.99 Å². The summed E-state index contributed by atoms with van der Waals surface area (Å²) in [6.45, 7) is 3.03. The molecule has 6 nitrogen and oxygen atoms in total. The lowest BCUT2D eigenvalue weighted by molar-refractivity contribution is -0.153. The van der Waals surface area contributed by atoms with Gasteiger partial charge in [-0.2, -0.15) is 13.2 Å². The summed E-state index contributed by atoms with van der Waals surface area (Å²) in [4.78, 5) is 4.36. The Hall–Kier alpha value is -1.24. The van der Waals surface area contributed by atoms with Gasteiger partial charge in [0.25, 0.3) is 0 Å². The number of nitrogens with zero attached hydrogens (tertiary/aromatic N) is 1. The van der Waals surface area contributed by atoms with E-state index in [-0.39, 0.29) is 48.1 Å². The maximum atomic E-state index is 12.4. The minimum atomic E-state index is -4.41. The number of para-hydroxylation sites is 1. The van der Waals surface area contributed by atoms with Gasteiger partial charge in [-0.25, -0.2) is 13.4 Å². The summed E-state index contributed by atoms with van der Waals surface area (Å²) in [6, 6.07) is 6.25. The second kappa shape index (κ2) is 12.3. The Morgan fingerprint density at radius 2 is 1.93 bits per heavy atom. The van der Waals surface area contributed by atoms with E-state index < -0.39 is 22.6 Å². The van der Waals surface area contributed by atoms with E-state index in [1.54, 1.807) is 18.2 Å². The van der Waals surface area contributed by atoms with E-state index in [2.05, 4.69) is 15.6 Å². The molecular weight excluding hydrogens is 510 g/mol. The number of hydrogen-bond donors (Lipinski definition) is 2. The zero-order chi connectivity index (χ0) is 20.5. The predicted molar refractivity (Wildman–Crippen MR) is 115 cm³/mol. The van der Waals surface area contributed by atoms with Crippen molar-refractivity contribution in [2.45, 2.75) is 39.0 Å². The zero-order valence-electron chi connectivity index (χ0n) is 16.0. The molecule has 1 unspecified atom stereocenters. The highest BCUT2D eigenvalue weighted by atomic mass is 127.